The third-order valence-electron chi connectivity index (χ3n) is 5.87. The third kappa shape index (κ3) is 7.56. The van der Waals surface area contributed by atoms with Crippen LogP contribution in [-0.2, 0) is 11.2 Å². The van der Waals surface area contributed by atoms with Crippen molar-refractivity contribution in [3.8, 4) is 28.4 Å². The smallest absolute Gasteiger partial charge is 0.277 e. The Bertz CT molecular complexity index is 1310. The first-order valence-electron chi connectivity index (χ1n) is 13.1. The summed E-state index contributed by atoms with van der Waals surface area (Å²) >= 11 is 0. The quantitative estimate of drug-likeness (QED) is 0.172. The molecular formula is C31H34N4O3. The van der Waals surface area contributed by atoms with Crippen molar-refractivity contribution < 1.29 is 14.3 Å². The standard InChI is InChI=1S/C31H34N4O3/c1-3-5-9-24-12-16-29(17-13-24)38-23-30(36)33-32-21-26-22-35(27-10-7-6-8-11-27)34-31(26)25-14-18-28(19-15-25)37-20-4-2/h6-8,10-19,21-22H,3-5,9,20,23H2,1-2H3,(H,33,36). The number of aromatic nitrogens is 2. The van der Waals surface area contributed by atoms with E-state index in [-0.39, 0.29) is 12.5 Å². The molecule has 0 aliphatic heterocycles. The second-order valence-electron chi connectivity index (χ2n) is 8.92. The number of aryl methyl sites for hydroxylation is 1. The van der Waals surface area contributed by atoms with Gasteiger partial charge in [0.2, 0.25) is 0 Å². The molecule has 1 heterocycles. The molecule has 1 N–H and O–H groups in total. The van der Waals surface area contributed by atoms with Crippen LogP contribution >= 0.6 is 0 Å². The average Bonchev–Trinajstić information content (AvgIpc) is 3.39. The Morgan fingerprint density at radius 2 is 1.63 bits per heavy atom. The first kappa shape index (κ1) is 26.7. The van der Waals surface area contributed by atoms with Crippen LogP contribution in [0.4, 0.5) is 0 Å². The lowest BCUT2D eigenvalue weighted by atomic mass is 10.1. The zero-order chi connectivity index (χ0) is 26.6. The second kappa shape index (κ2) is 13.8. The van der Waals surface area contributed by atoms with E-state index in [0.29, 0.717) is 12.4 Å². The second-order valence-corrected chi connectivity index (χ2v) is 8.92. The summed E-state index contributed by atoms with van der Waals surface area (Å²) in [5.74, 6) is 1.13. The number of hydrogen-bond donors (Lipinski definition) is 1. The highest BCUT2D eigenvalue weighted by Crippen LogP contribution is 2.25. The summed E-state index contributed by atoms with van der Waals surface area (Å²) in [4.78, 5) is 12.3. The molecule has 3 aromatic carbocycles. The number of unbranched alkanes of at least 4 members (excludes halogenated alkanes) is 1. The maximum absolute atomic E-state index is 12.3. The summed E-state index contributed by atoms with van der Waals surface area (Å²) in [6.45, 7) is 4.80. The lowest BCUT2D eigenvalue weighted by Gasteiger charge is -2.06. The number of carbonyl (C=O) groups is 1. The van der Waals surface area contributed by atoms with Gasteiger partial charge in [0.1, 0.15) is 17.2 Å². The Labute approximate surface area is 224 Å². The van der Waals surface area contributed by atoms with Crippen LogP contribution in [0.2, 0.25) is 0 Å². The molecule has 0 aliphatic carbocycles. The van der Waals surface area contributed by atoms with Crippen molar-refractivity contribution in [3.05, 3.63) is 96.2 Å². The van der Waals surface area contributed by atoms with Gasteiger partial charge in [-0.05, 0) is 73.4 Å². The predicted molar refractivity (Wildman–Crippen MR) is 151 cm³/mol. The van der Waals surface area contributed by atoms with Crippen molar-refractivity contribution in [1.82, 2.24) is 15.2 Å². The molecule has 7 nitrogen and oxygen atoms in total. The molecule has 0 fully saturated rings. The minimum absolute atomic E-state index is 0.124. The average molecular weight is 511 g/mol. The van der Waals surface area contributed by atoms with Gasteiger partial charge in [-0.3, -0.25) is 4.79 Å². The maximum atomic E-state index is 12.3. The molecule has 0 saturated heterocycles. The minimum atomic E-state index is -0.342. The Balaban J connectivity index is 1.42. The van der Waals surface area contributed by atoms with Crippen molar-refractivity contribution in [2.45, 2.75) is 39.5 Å². The summed E-state index contributed by atoms with van der Waals surface area (Å²) in [7, 11) is 0. The molecule has 0 radical (unpaired) electrons. The number of benzene rings is 3. The number of nitrogens with one attached hydrogen (secondary N) is 1. The van der Waals surface area contributed by atoms with Crippen LogP contribution in [0.1, 0.15) is 44.2 Å². The predicted octanol–water partition coefficient (Wildman–Crippen LogP) is 6.20. The fourth-order valence-electron chi connectivity index (χ4n) is 3.84. The van der Waals surface area contributed by atoms with Gasteiger partial charge in [-0.25, -0.2) is 10.1 Å². The fourth-order valence-corrected chi connectivity index (χ4v) is 3.84. The first-order valence-corrected chi connectivity index (χ1v) is 13.1. The maximum Gasteiger partial charge on any atom is 0.277 e. The summed E-state index contributed by atoms with van der Waals surface area (Å²) in [5.41, 5.74) is 7.17. The number of ether oxygens (including phenoxy) is 2. The molecule has 4 rings (SSSR count). The van der Waals surface area contributed by atoms with E-state index in [1.165, 1.54) is 5.56 Å². The van der Waals surface area contributed by atoms with Gasteiger partial charge in [0.25, 0.3) is 5.91 Å². The highest BCUT2D eigenvalue weighted by Gasteiger charge is 2.12. The van der Waals surface area contributed by atoms with Crippen molar-refractivity contribution >= 4 is 12.1 Å². The van der Waals surface area contributed by atoms with Gasteiger partial charge >= 0.3 is 0 Å². The zero-order valence-corrected chi connectivity index (χ0v) is 22.0. The van der Waals surface area contributed by atoms with Crippen LogP contribution in [0, 0.1) is 0 Å². The van der Waals surface area contributed by atoms with Crippen molar-refractivity contribution in [3.63, 3.8) is 0 Å². The Morgan fingerprint density at radius 3 is 2.34 bits per heavy atom. The Morgan fingerprint density at radius 1 is 0.921 bits per heavy atom. The van der Waals surface area contributed by atoms with Crippen LogP contribution < -0.4 is 14.9 Å². The molecule has 0 atom stereocenters. The number of para-hydroxylation sites is 1. The van der Waals surface area contributed by atoms with Gasteiger partial charge in [-0.1, -0.05) is 50.6 Å². The van der Waals surface area contributed by atoms with E-state index in [9.17, 15) is 4.79 Å². The van der Waals surface area contributed by atoms with Gasteiger partial charge in [0.15, 0.2) is 6.61 Å². The highest BCUT2D eigenvalue weighted by molar-refractivity contribution is 5.89. The molecule has 196 valence electrons. The van der Waals surface area contributed by atoms with E-state index in [4.69, 9.17) is 14.6 Å². The molecule has 0 spiro atoms. The lowest BCUT2D eigenvalue weighted by Crippen LogP contribution is -2.24. The van der Waals surface area contributed by atoms with Gasteiger partial charge in [-0.2, -0.15) is 10.2 Å². The van der Waals surface area contributed by atoms with Crippen LogP contribution in [0.15, 0.2) is 90.2 Å². The van der Waals surface area contributed by atoms with Crippen LogP contribution in [0.25, 0.3) is 16.9 Å². The summed E-state index contributed by atoms with van der Waals surface area (Å²) in [5, 5.41) is 8.96. The van der Waals surface area contributed by atoms with Gasteiger partial charge in [0.05, 0.1) is 18.5 Å². The molecule has 0 saturated carbocycles. The topological polar surface area (TPSA) is 77.7 Å². The number of hydrogen-bond acceptors (Lipinski definition) is 5. The number of hydrazone groups is 1. The van der Waals surface area contributed by atoms with Crippen molar-refractivity contribution in [2.24, 2.45) is 5.10 Å². The molecular weight excluding hydrogens is 476 g/mol. The molecule has 38 heavy (non-hydrogen) atoms. The summed E-state index contributed by atoms with van der Waals surface area (Å²) in [6, 6.07) is 25.5. The van der Waals surface area contributed by atoms with Gasteiger partial charge in [0, 0.05) is 17.3 Å². The van der Waals surface area contributed by atoms with Crippen LogP contribution in [-0.4, -0.2) is 35.1 Å². The van der Waals surface area contributed by atoms with E-state index in [1.54, 1.807) is 10.9 Å². The Hall–Kier alpha value is -4.39. The third-order valence-corrected chi connectivity index (χ3v) is 5.87. The number of nitrogens with zero attached hydrogens (tertiary/aromatic N) is 3. The Kier molecular flexibility index (Phi) is 9.68. The van der Waals surface area contributed by atoms with E-state index in [1.807, 2.05) is 85.1 Å². The first-order chi connectivity index (χ1) is 18.7. The number of carbonyl (C=O) groups excluding carboxylic acids is 1. The van der Waals surface area contributed by atoms with Crippen molar-refractivity contribution in [1.29, 1.82) is 0 Å². The van der Waals surface area contributed by atoms with E-state index in [0.717, 1.165) is 53.9 Å². The number of rotatable bonds is 13. The normalized spacial score (nSPS) is 11.0. The molecule has 0 bridgehead atoms. The zero-order valence-electron chi connectivity index (χ0n) is 22.0. The minimum Gasteiger partial charge on any atom is -0.494 e. The lowest BCUT2D eigenvalue weighted by molar-refractivity contribution is -0.123. The van der Waals surface area contributed by atoms with E-state index >= 15 is 0 Å². The molecule has 0 aliphatic rings. The SMILES string of the molecule is CCCCc1ccc(OCC(=O)NN=Cc2cn(-c3ccccc3)nc2-c2ccc(OCCC)cc2)cc1. The monoisotopic (exact) mass is 510 g/mol. The van der Waals surface area contributed by atoms with Crippen LogP contribution in [0.5, 0.6) is 11.5 Å². The van der Waals surface area contributed by atoms with E-state index < -0.39 is 0 Å². The number of amides is 1. The van der Waals surface area contributed by atoms with Crippen molar-refractivity contribution in [2.75, 3.05) is 13.2 Å². The summed E-state index contributed by atoms with van der Waals surface area (Å²) < 4.78 is 13.1. The van der Waals surface area contributed by atoms with Gasteiger partial charge in [-0.15, -0.1) is 0 Å². The molecule has 7 heteroatoms. The van der Waals surface area contributed by atoms with E-state index in [2.05, 4.69) is 24.4 Å². The van der Waals surface area contributed by atoms with Crippen LogP contribution in [0.3, 0.4) is 0 Å². The molecule has 4 aromatic rings. The summed E-state index contributed by atoms with van der Waals surface area (Å²) in [6.07, 6.45) is 7.80. The molecule has 1 amide bonds. The molecule has 0 unspecified atom stereocenters. The van der Waals surface area contributed by atoms with Gasteiger partial charge < -0.3 is 9.47 Å². The molecule has 1 aromatic heterocycles. The highest BCUT2D eigenvalue weighted by atomic mass is 16.5. The largest absolute Gasteiger partial charge is 0.494 e. The fraction of sp³-hybridized carbons (Fsp3) is 0.258.